The zero-order valence-corrected chi connectivity index (χ0v) is 11.9. The van der Waals surface area contributed by atoms with Crippen LogP contribution in [0.25, 0.3) is 10.9 Å². The molecule has 0 N–H and O–H groups in total. The molecule has 0 unspecified atom stereocenters. The lowest BCUT2D eigenvalue weighted by atomic mass is 10.1. The van der Waals surface area contributed by atoms with Gasteiger partial charge in [0.2, 0.25) is 0 Å². The molecule has 0 bridgehead atoms. The third kappa shape index (κ3) is 2.75. The number of halogens is 1. The van der Waals surface area contributed by atoms with Gasteiger partial charge >= 0.3 is 0 Å². The molecule has 100 valence electrons. The molecule has 0 saturated carbocycles. The number of aryl methyl sites for hydroxylation is 1. The fourth-order valence-electron chi connectivity index (χ4n) is 2.08. The van der Waals surface area contributed by atoms with E-state index in [0.29, 0.717) is 11.8 Å². The fourth-order valence-corrected chi connectivity index (χ4v) is 2.27. The predicted octanol–water partition coefficient (Wildman–Crippen LogP) is 4.78. The number of fused-ring (bicyclic) bond motifs is 1. The quantitative estimate of drug-likeness (QED) is 0.646. The highest BCUT2D eigenvalue weighted by Gasteiger charge is 2.05. The van der Waals surface area contributed by atoms with E-state index in [-0.39, 0.29) is 0 Å². The molecule has 0 fully saturated rings. The molecule has 0 aliphatic heterocycles. The van der Waals surface area contributed by atoms with Crippen molar-refractivity contribution in [1.82, 2.24) is 4.98 Å². The molecule has 0 spiro atoms. The number of nitrogens with zero attached hydrogens (tertiary/aromatic N) is 1. The van der Waals surface area contributed by atoms with Crippen LogP contribution < -0.4 is 4.74 Å². The lowest BCUT2D eigenvalue weighted by Gasteiger charge is -2.10. The van der Waals surface area contributed by atoms with Crippen molar-refractivity contribution in [3.8, 4) is 5.75 Å². The Hall–Kier alpha value is -2.06. The molecular formula is C17H14ClNO. The SMILES string of the molecule is Cc1ccc(COc2cc(Cl)nc3ccccc23)cc1. The summed E-state index contributed by atoms with van der Waals surface area (Å²) >= 11 is 6.04. The molecule has 3 aromatic rings. The summed E-state index contributed by atoms with van der Waals surface area (Å²) in [7, 11) is 0. The molecule has 2 aromatic carbocycles. The Morgan fingerprint density at radius 1 is 1.05 bits per heavy atom. The van der Waals surface area contributed by atoms with Crippen LogP contribution in [0.1, 0.15) is 11.1 Å². The third-order valence-corrected chi connectivity index (χ3v) is 3.36. The van der Waals surface area contributed by atoms with Crippen LogP contribution in [0.2, 0.25) is 5.15 Å². The van der Waals surface area contributed by atoms with Gasteiger partial charge in [0, 0.05) is 11.5 Å². The van der Waals surface area contributed by atoms with E-state index in [9.17, 15) is 0 Å². The fraction of sp³-hybridized carbons (Fsp3) is 0.118. The lowest BCUT2D eigenvalue weighted by molar-refractivity contribution is 0.310. The molecule has 0 atom stereocenters. The van der Waals surface area contributed by atoms with Crippen LogP contribution in [0.4, 0.5) is 0 Å². The van der Waals surface area contributed by atoms with Gasteiger partial charge in [-0.25, -0.2) is 4.98 Å². The van der Waals surface area contributed by atoms with E-state index in [1.807, 2.05) is 24.3 Å². The van der Waals surface area contributed by atoms with E-state index < -0.39 is 0 Å². The first-order valence-corrected chi connectivity index (χ1v) is 6.84. The van der Waals surface area contributed by atoms with Crippen molar-refractivity contribution in [1.29, 1.82) is 0 Å². The summed E-state index contributed by atoms with van der Waals surface area (Å²) in [5, 5.41) is 1.42. The van der Waals surface area contributed by atoms with Gasteiger partial charge in [0.05, 0.1) is 5.52 Å². The summed E-state index contributed by atoms with van der Waals surface area (Å²) in [4.78, 5) is 4.29. The normalized spacial score (nSPS) is 10.7. The Bertz CT molecular complexity index is 738. The van der Waals surface area contributed by atoms with Crippen molar-refractivity contribution in [2.45, 2.75) is 13.5 Å². The average molecular weight is 284 g/mol. The smallest absolute Gasteiger partial charge is 0.133 e. The first kappa shape index (κ1) is 12.9. The topological polar surface area (TPSA) is 22.1 Å². The first-order valence-electron chi connectivity index (χ1n) is 6.46. The maximum atomic E-state index is 6.04. The van der Waals surface area contributed by atoms with Gasteiger partial charge in [0.15, 0.2) is 0 Å². The Kier molecular flexibility index (Phi) is 3.57. The number of benzene rings is 2. The number of aromatic nitrogens is 1. The van der Waals surface area contributed by atoms with E-state index >= 15 is 0 Å². The highest BCUT2D eigenvalue weighted by molar-refractivity contribution is 6.30. The Morgan fingerprint density at radius 2 is 1.80 bits per heavy atom. The second-order valence-electron chi connectivity index (χ2n) is 4.73. The van der Waals surface area contributed by atoms with E-state index in [4.69, 9.17) is 16.3 Å². The third-order valence-electron chi connectivity index (χ3n) is 3.16. The van der Waals surface area contributed by atoms with Gasteiger partial charge in [-0.3, -0.25) is 0 Å². The summed E-state index contributed by atoms with van der Waals surface area (Å²) in [5.74, 6) is 0.765. The number of rotatable bonds is 3. The zero-order chi connectivity index (χ0) is 13.9. The number of hydrogen-bond donors (Lipinski definition) is 0. The Balaban J connectivity index is 1.88. The highest BCUT2D eigenvalue weighted by atomic mass is 35.5. The second kappa shape index (κ2) is 5.51. The monoisotopic (exact) mass is 283 g/mol. The van der Waals surface area contributed by atoms with E-state index in [1.165, 1.54) is 5.56 Å². The van der Waals surface area contributed by atoms with Crippen molar-refractivity contribution in [2.24, 2.45) is 0 Å². The minimum Gasteiger partial charge on any atom is -0.488 e. The van der Waals surface area contributed by atoms with Crippen LogP contribution >= 0.6 is 11.6 Å². The minimum atomic E-state index is 0.447. The largest absolute Gasteiger partial charge is 0.488 e. The maximum absolute atomic E-state index is 6.04. The molecule has 0 aliphatic carbocycles. The standard InChI is InChI=1S/C17H14ClNO/c1-12-6-8-13(9-7-12)11-20-16-10-17(18)19-15-5-3-2-4-14(15)16/h2-10H,11H2,1H3. The van der Waals surface area contributed by atoms with Crippen molar-refractivity contribution < 1.29 is 4.74 Å². The van der Waals surface area contributed by atoms with Gasteiger partial charge < -0.3 is 4.74 Å². The molecule has 0 saturated heterocycles. The van der Waals surface area contributed by atoms with Crippen LogP contribution in [0.15, 0.2) is 54.6 Å². The summed E-state index contributed by atoms with van der Waals surface area (Å²) in [6.45, 7) is 2.59. The van der Waals surface area contributed by atoms with Crippen molar-refractivity contribution in [3.63, 3.8) is 0 Å². The van der Waals surface area contributed by atoms with E-state index in [2.05, 4.69) is 36.2 Å². The minimum absolute atomic E-state index is 0.447. The molecule has 3 heteroatoms. The first-order chi connectivity index (χ1) is 9.72. The summed E-state index contributed by atoms with van der Waals surface area (Å²) in [6.07, 6.45) is 0. The highest BCUT2D eigenvalue weighted by Crippen LogP contribution is 2.27. The van der Waals surface area contributed by atoms with Crippen molar-refractivity contribution >= 4 is 22.5 Å². The van der Waals surface area contributed by atoms with Gasteiger partial charge in [-0.2, -0.15) is 0 Å². The Labute approximate surface area is 123 Å². The number of pyridine rings is 1. The summed E-state index contributed by atoms with van der Waals surface area (Å²) < 4.78 is 5.90. The van der Waals surface area contributed by atoms with Crippen LogP contribution in [-0.4, -0.2) is 4.98 Å². The van der Waals surface area contributed by atoms with Crippen molar-refractivity contribution in [3.05, 3.63) is 70.9 Å². The molecule has 2 nitrogen and oxygen atoms in total. The maximum Gasteiger partial charge on any atom is 0.133 e. The molecule has 1 aromatic heterocycles. The summed E-state index contributed by atoms with van der Waals surface area (Å²) in [5.41, 5.74) is 3.22. The molecule has 20 heavy (non-hydrogen) atoms. The van der Waals surface area contributed by atoms with Gasteiger partial charge in [0.1, 0.15) is 17.5 Å². The van der Waals surface area contributed by atoms with Crippen LogP contribution in [-0.2, 0) is 6.61 Å². The summed E-state index contributed by atoms with van der Waals surface area (Å²) in [6, 6.07) is 17.9. The second-order valence-corrected chi connectivity index (χ2v) is 5.12. The molecule has 0 radical (unpaired) electrons. The van der Waals surface area contributed by atoms with Gasteiger partial charge in [-0.1, -0.05) is 53.6 Å². The lowest BCUT2D eigenvalue weighted by Crippen LogP contribution is -1.97. The number of ether oxygens (including phenoxy) is 1. The van der Waals surface area contributed by atoms with Crippen LogP contribution in [0.3, 0.4) is 0 Å². The predicted molar refractivity (Wildman–Crippen MR) is 82.3 cm³/mol. The number of hydrogen-bond acceptors (Lipinski definition) is 2. The van der Waals surface area contributed by atoms with Crippen molar-refractivity contribution in [2.75, 3.05) is 0 Å². The Morgan fingerprint density at radius 3 is 2.60 bits per heavy atom. The molecular weight excluding hydrogens is 270 g/mol. The molecule has 0 aliphatic rings. The molecule has 1 heterocycles. The number of para-hydroxylation sites is 1. The van der Waals surface area contributed by atoms with Gasteiger partial charge in [0.25, 0.3) is 0 Å². The molecule has 3 rings (SSSR count). The van der Waals surface area contributed by atoms with Crippen LogP contribution in [0, 0.1) is 6.92 Å². The molecule has 0 amide bonds. The van der Waals surface area contributed by atoms with Gasteiger partial charge in [-0.05, 0) is 24.6 Å². The van der Waals surface area contributed by atoms with Crippen LogP contribution in [0.5, 0.6) is 5.75 Å². The average Bonchev–Trinajstić information content (AvgIpc) is 2.46. The van der Waals surface area contributed by atoms with E-state index in [0.717, 1.165) is 22.2 Å². The van der Waals surface area contributed by atoms with E-state index in [1.54, 1.807) is 6.07 Å². The van der Waals surface area contributed by atoms with Gasteiger partial charge in [-0.15, -0.1) is 0 Å². The zero-order valence-electron chi connectivity index (χ0n) is 11.1.